The summed E-state index contributed by atoms with van der Waals surface area (Å²) in [6, 6.07) is 2.32. The maximum atomic E-state index is 12.4. The molecule has 1 unspecified atom stereocenters. The molecule has 0 spiro atoms. The molecule has 0 radical (unpaired) electrons. The molecule has 2 aromatic rings. The lowest BCUT2D eigenvalue weighted by Gasteiger charge is -2.33. The van der Waals surface area contributed by atoms with E-state index in [1.165, 1.54) is 0 Å². The van der Waals surface area contributed by atoms with Crippen LogP contribution in [0.2, 0.25) is 0 Å². The molecule has 1 atom stereocenters. The Morgan fingerprint density at radius 2 is 2.38 bits per heavy atom. The van der Waals surface area contributed by atoms with Gasteiger partial charge in [0.1, 0.15) is 5.01 Å². The lowest BCUT2D eigenvalue weighted by molar-refractivity contribution is -0.133. The number of halogens is 1. The van der Waals surface area contributed by atoms with Gasteiger partial charge in [0.05, 0.1) is 17.0 Å². The van der Waals surface area contributed by atoms with Crippen LogP contribution >= 0.6 is 38.6 Å². The number of carbonyl (C=O) groups excluding carboxylic acids is 1. The molecule has 0 bridgehead atoms. The number of amides is 1. The Morgan fingerprint density at radius 1 is 1.52 bits per heavy atom. The van der Waals surface area contributed by atoms with E-state index in [1.54, 1.807) is 22.7 Å². The Balaban J connectivity index is 1.68. The molecule has 0 aliphatic carbocycles. The average molecular weight is 386 g/mol. The van der Waals surface area contributed by atoms with Crippen molar-refractivity contribution in [1.29, 1.82) is 0 Å². The monoisotopic (exact) mass is 385 g/mol. The molecule has 0 saturated carbocycles. The van der Waals surface area contributed by atoms with Crippen molar-refractivity contribution in [3.05, 3.63) is 27.0 Å². The van der Waals surface area contributed by atoms with Gasteiger partial charge in [0.2, 0.25) is 5.91 Å². The average Bonchev–Trinajstić information content (AvgIpc) is 3.08. The lowest BCUT2D eigenvalue weighted by atomic mass is 10.2. The summed E-state index contributed by atoms with van der Waals surface area (Å²) in [6.07, 6.45) is 0.396. The number of thiazole rings is 1. The summed E-state index contributed by atoms with van der Waals surface area (Å²) in [5.41, 5.74) is 0.871. The molecule has 1 aliphatic rings. The quantitative estimate of drug-likeness (QED) is 0.882. The first-order chi connectivity index (χ1) is 10.1. The second kappa shape index (κ2) is 6.56. The molecule has 1 amide bonds. The highest BCUT2D eigenvalue weighted by Crippen LogP contribution is 2.32. The first kappa shape index (κ1) is 15.1. The summed E-state index contributed by atoms with van der Waals surface area (Å²) in [5, 5.41) is 8.33. The van der Waals surface area contributed by atoms with Gasteiger partial charge in [-0.1, -0.05) is 0 Å². The van der Waals surface area contributed by atoms with Crippen molar-refractivity contribution in [1.82, 2.24) is 15.2 Å². The van der Waals surface area contributed by atoms with Gasteiger partial charge in [-0.15, -0.1) is 22.7 Å². The first-order valence-corrected chi connectivity index (χ1v) is 9.37. The second-order valence-corrected chi connectivity index (χ2v) is 7.78. The molecule has 1 aliphatic heterocycles. The molecule has 1 N–H and O–H groups in total. The fourth-order valence-electron chi connectivity index (χ4n) is 2.39. The van der Waals surface area contributed by atoms with E-state index >= 15 is 0 Å². The van der Waals surface area contributed by atoms with Crippen LogP contribution < -0.4 is 5.32 Å². The number of nitrogens with one attached hydrogen (secondary N) is 1. The zero-order chi connectivity index (χ0) is 14.8. The Bertz CT molecular complexity index is 640. The molecule has 112 valence electrons. The van der Waals surface area contributed by atoms with Crippen molar-refractivity contribution in [2.24, 2.45) is 0 Å². The molecule has 3 rings (SSSR count). The summed E-state index contributed by atoms with van der Waals surface area (Å²) in [7, 11) is 0. The van der Waals surface area contributed by atoms with Crippen LogP contribution in [0.15, 0.2) is 21.3 Å². The Kier molecular flexibility index (Phi) is 4.73. The third kappa shape index (κ3) is 3.53. The third-order valence-corrected chi connectivity index (χ3v) is 6.24. The van der Waals surface area contributed by atoms with Gasteiger partial charge in [-0.25, -0.2) is 4.98 Å². The summed E-state index contributed by atoms with van der Waals surface area (Å²) in [5.74, 6) is 0.174. The number of carbonyl (C=O) groups is 1. The van der Waals surface area contributed by atoms with Gasteiger partial charge in [0.25, 0.3) is 0 Å². The maximum absolute atomic E-state index is 12.4. The van der Waals surface area contributed by atoms with Crippen LogP contribution in [0.5, 0.6) is 0 Å². The summed E-state index contributed by atoms with van der Waals surface area (Å²) in [6.45, 7) is 4.62. The van der Waals surface area contributed by atoms with Crippen molar-refractivity contribution < 1.29 is 4.79 Å². The lowest BCUT2D eigenvalue weighted by Crippen LogP contribution is -2.52. The number of thiophene rings is 1. The van der Waals surface area contributed by atoms with Crippen LogP contribution in [0, 0.1) is 0 Å². The fraction of sp³-hybridized carbons (Fsp3) is 0.429. The normalized spacial score (nSPS) is 19.0. The SMILES string of the molecule is CC1CNCCN1C(=O)Cc1csc(-c2cc(Br)cs2)n1. The highest BCUT2D eigenvalue weighted by Gasteiger charge is 2.23. The summed E-state index contributed by atoms with van der Waals surface area (Å²) >= 11 is 6.72. The van der Waals surface area contributed by atoms with Crippen molar-refractivity contribution in [3.63, 3.8) is 0 Å². The van der Waals surface area contributed by atoms with Gasteiger partial charge in [0, 0.05) is 40.9 Å². The van der Waals surface area contributed by atoms with Gasteiger partial charge in [0.15, 0.2) is 0 Å². The topological polar surface area (TPSA) is 45.2 Å². The molecule has 3 heterocycles. The van der Waals surface area contributed by atoms with Gasteiger partial charge in [-0.3, -0.25) is 4.79 Å². The number of hydrogen-bond donors (Lipinski definition) is 1. The van der Waals surface area contributed by atoms with Crippen molar-refractivity contribution in [3.8, 4) is 9.88 Å². The van der Waals surface area contributed by atoms with E-state index in [1.807, 2.05) is 15.7 Å². The predicted molar refractivity (Wildman–Crippen MR) is 90.9 cm³/mol. The predicted octanol–water partition coefficient (Wildman–Crippen LogP) is 3.00. The number of rotatable bonds is 3. The molecule has 7 heteroatoms. The van der Waals surface area contributed by atoms with Crippen molar-refractivity contribution >= 4 is 44.5 Å². The molecule has 4 nitrogen and oxygen atoms in total. The van der Waals surface area contributed by atoms with Gasteiger partial charge in [-0.2, -0.15) is 0 Å². The number of aromatic nitrogens is 1. The van der Waals surface area contributed by atoms with E-state index in [2.05, 4.69) is 39.2 Å². The van der Waals surface area contributed by atoms with Crippen LogP contribution in [0.4, 0.5) is 0 Å². The molecule has 1 saturated heterocycles. The van der Waals surface area contributed by atoms with Crippen molar-refractivity contribution in [2.75, 3.05) is 19.6 Å². The zero-order valence-electron chi connectivity index (χ0n) is 11.6. The van der Waals surface area contributed by atoms with E-state index in [0.29, 0.717) is 6.42 Å². The van der Waals surface area contributed by atoms with Crippen molar-refractivity contribution in [2.45, 2.75) is 19.4 Å². The summed E-state index contributed by atoms with van der Waals surface area (Å²) < 4.78 is 1.07. The largest absolute Gasteiger partial charge is 0.337 e. The molecule has 2 aromatic heterocycles. The van der Waals surface area contributed by atoms with E-state index in [9.17, 15) is 4.79 Å². The second-order valence-electron chi connectivity index (χ2n) is 5.09. The Hall–Kier alpha value is -0.760. The minimum absolute atomic E-state index is 0.174. The standard InChI is InChI=1S/C14H16BrN3OS2/c1-9-6-16-2-3-18(9)13(19)5-11-8-21-14(17-11)12-4-10(15)7-20-12/h4,7-9,16H,2-3,5-6H2,1H3. The molecule has 0 aromatic carbocycles. The maximum Gasteiger partial charge on any atom is 0.228 e. The highest BCUT2D eigenvalue weighted by molar-refractivity contribution is 9.10. The summed E-state index contributed by atoms with van der Waals surface area (Å²) in [4.78, 5) is 20.1. The fourth-order valence-corrected chi connectivity index (χ4v) is 4.72. The first-order valence-electron chi connectivity index (χ1n) is 6.82. The molecular formula is C14H16BrN3OS2. The zero-order valence-corrected chi connectivity index (χ0v) is 14.9. The van der Waals surface area contributed by atoms with Gasteiger partial charge < -0.3 is 10.2 Å². The Morgan fingerprint density at radius 3 is 3.10 bits per heavy atom. The number of hydrogen-bond acceptors (Lipinski definition) is 5. The van der Waals surface area contributed by atoms with Crippen LogP contribution in [-0.2, 0) is 11.2 Å². The molecule has 21 heavy (non-hydrogen) atoms. The van der Waals surface area contributed by atoms with E-state index in [0.717, 1.165) is 39.7 Å². The molecular weight excluding hydrogens is 370 g/mol. The number of nitrogens with zero attached hydrogens (tertiary/aromatic N) is 2. The van der Waals surface area contributed by atoms with Gasteiger partial charge in [-0.05, 0) is 28.9 Å². The highest BCUT2D eigenvalue weighted by atomic mass is 79.9. The van der Waals surface area contributed by atoms with E-state index in [4.69, 9.17) is 0 Å². The van der Waals surface area contributed by atoms with Crippen LogP contribution in [0.1, 0.15) is 12.6 Å². The van der Waals surface area contributed by atoms with Crippen LogP contribution in [0.25, 0.3) is 9.88 Å². The minimum Gasteiger partial charge on any atom is -0.337 e. The van der Waals surface area contributed by atoms with Gasteiger partial charge >= 0.3 is 0 Å². The van der Waals surface area contributed by atoms with E-state index < -0.39 is 0 Å². The number of piperazine rings is 1. The Labute approximate surface area is 140 Å². The minimum atomic E-state index is 0.174. The third-order valence-electron chi connectivity index (χ3n) is 3.48. The van der Waals surface area contributed by atoms with Crippen LogP contribution in [-0.4, -0.2) is 41.5 Å². The van der Waals surface area contributed by atoms with Crippen LogP contribution in [0.3, 0.4) is 0 Å². The molecule has 1 fully saturated rings. The van der Waals surface area contributed by atoms with E-state index in [-0.39, 0.29) is 11.9 Å². The smallest absolute Gasteiger partial charge is 0.228 e.